The molecule has 1 atom stereocenters. The van der Waals surface area contributed by atoms with Gasteiger partial charge in [-0.3, -0.25) is 4.98 Å². The molecule has 0 aliphatic carbocycles. The van der Waals surface area contributed by atoms with Gasteiger partial charge in [0, 0.05) is 45.8 Å². The second kappa shape index (κ2) is 8.31. The molecule has 0 spiro atoms. The summed E-state index contributed by atoms with van der Waals surface area (Å²) in [7, 11) is 0. The minimum atomic E-state index is -0.184. The van der Waals surface area contributed by atoms with E-state index in [1.807, 2.05) is 25.1 Å². The predicted molar refractivity (Wildman–Crippen MR) is 105 cm³/mol. The van der Waals surface area contributed by atoms with Crippen molar-refractivity contribution in [2.24, 2.45) is 0 Å². The lowest BCUT2D eigenvalue weighted by molar-refractivity contribution is 0.281. The summed E-state index contributed by atoms with van der Waals surface area (Å²) < 4.78 is 0. The van der Waals surface area contributed by atoms with E-state index in [9.17, 15) is 5.11 Å². The van der Waals surface area contributed by atoms with Gasteiger partial charge in [0.2, 0.25) is 5.95 Å². The van der Waals surface area contributed by atoms with Crippen molar-refractivity contribution in [3.8, 4) is 11.3 Å². The molecule has 0 saturated heterocycles. The summed E-state index contributed by atoms with van der Waals surface area (Å²) >= 11 is 12.1. The number of aliphatic hydroxyl groups excluding tert-OH is 1. The van der Waals surface area contributed by atoms with E-state index in [2.05, 4.69) is 25.6 Å². The van der Waals surface area contributed by atoms with Crippen LogP contribution in [0.15, 0.2) is 48.8 Å². The van der Waals surface area contributed by atoms with Crippen molar-refractivity contribution in [2.45, 2.75) is 13.0 Å². The summed E-state index contributed by atoms with van der Waals surface area (Å²) in [5.41, 5.74) is 2.32. The molecule has 3 rings (SSSR count). The van der Waals surface area contributed by atoms with Gasteiger partial charge in [0.05, 0.1) is 12.3 Å². The van der Waals surface area contributed by atoms with E-state index in [4.69, 9.17) is 23.2 Å². The molecule has 0 amide bonds. The average Bonchev–Trinajstić information content (AvgIpc) is 2.61. The zero-order valence-electron chi connectivity index (χ0n) is 13.9. The van der Waals surface area contributed by atoms with Crippen LogP contribution in [0.4, 0.5) is 17.5 Å². The molecule has 8 heteroatoms. The first-order chi connectivity index (χ1) is 12.5. The van der Waals surface area contributed by atoms with Gasteiger partial charge in [0.15, 0.2) is 0 Å². The summed E-state index contributed by atoms with van der Waals surface area (Å²) in [6, 6.07) is 10.5. The molecule has 0 fully saturated rings. The lowest BCUT2D eigenvalue weighted by Gasteiger charge is -2.14. The van der Waals surface area contributed by atoms with Gasteiger partial charge in [-0.05, 0) is 37.3 Å². The van der Waals surface area contributed by atoms with E-state index in [0.717, 1.165) is 5.56 Å². The number of hydrogen-bond acceptors (Lipinski definition) is 6. The number of nitrogens with one attached hydrogen (secondary N) is 2. The molecule has 0 radical (unpaired) electrons. The van der Waals surface area contributed by atoms with E-state index in [-0.39, 0.29) is 12.6 Å². The van der Waals surface area contributed by atoms with E-state index in [0.29, 0.717) is 33.2 Å². The van der Waals surface area contributed by atoms with Crippen LogP contribution < -0.4 is 10.6 Å². The highest BCUT2D eigenvalue weighted by atomic mass is 35.5. The van der Waals surface area contributed by atoms with Gasteiger partial charge < -0.3 is 15.7 Å². The van der Waals surface area contributed by atoms with Gasteiger partial charge in [-0.15, -0.1) is 0 Å². The molecule has 3 aromatic rings. The summed E-state index contributed by atoms with van der Waals surface area (Å²) in [6.07, 6.45) is 3.40. The first-order valence-corrected chi connectivity index (χ1v) is 8.69. The Labute approximate surface area is 161 Å². The Morgan fingerprint density at radius 3 is 2.38 bits per heavy atom. The lowest BCUT2D eigenvalue weighted by Crippen LogP contribution is -2.21. The zero-order valence-corrected chi connectivity index (χ0v) is 15.5. The van der Waals surface area contributed by atoms with Gasteiger partial charge in [-0.2, -0.15) is 4.98 Å². The highest BCUT2D eigenvalue weighted by molar-refractivity contribution is 6.35. The zero-order chi connectivity index (χ0) is 18.5. The first-order valence-electron chi connectivity index (χ1n) is 7.93. The second-order valence-corrected chi connectivity index (χ2v) is 6.58. The lowest BCUT2D eigenvalue weighted by atomic mass is 10.2. The SMILES string of the molecule is C[C@@H](CO)Nc1nc(Nc2cc(Cl)cc(Cl)c2)cc(-c2ccncc2)n1. The fourth-order valence-corrected chi connectivity index (χ4v) is 2.81. The van der Waals surface area contributed by atoms with Crippen molar-refractivity contribution in [1.82, 2.24) is 15.0 Å². The molecule has 2 heterocycles. The molecule has 0 unspecified atom stereocenters. The van der Waals surface area contributed by atoms with E-state index >= 15 is 0 Å². The highest BCUT2D eigenvalue weighted by Crippen LogP contribution is 2.27. The Morgan fingerprint density at radius 2 is 1.73 bits per heavy atom. The van der Waals surface area contributed by atoms with Crippen LogP contribution >= 0.6 is 23.2 Å². The van der Waals surface area contributed by atoms with Crippen LogP contribution in [0, 0.1) is 0 Å². The van der Waals surface area contributed by atoms with Crippen LogP contribution in [0.3, 0.4) is 0 Å². The number of pyridine rings is 1. The van der Waals surface area contributed by atoms with Crippen LogP contribution in [0.2, 0.25) is 10.0 Å². The number of anilines is 3. The molecule has 0 aliphatic heterocycles. The Hall–Kier alpha value is -2.41. The molecule has 26 heavy (non-hydrogen) atoms. The Kier molecular flexibility index (Phi) is 5.88. The van der Waals surface area contributed by atoms with Gasteiger partial charge in [0.1, 0.15) is 5.82 Å². The first kappa shape index (κ1) is 18.4. The maximum absolute atomic E-state index is 9.28. The molecule has 6 nitrogen and oxygen atoms in total. The standard InChI is InChI=1S/C18H17Cl2N5O/c1-11(10-26)22-18-24-16(12-2-4-21-5-3-12)9-17(25-18)23-15-7-13(19)6-14(20)8-15/h2-9,11,26H,10H2,1H3,(H2,22,23,24,25)/t11-/m0/s1. The monoisotopic (exact) mass is 389 g/mol. The van der Waals surface area contributed by atoms with Crippen molar-refractivity contribution in [2.75, 3.05) is 17.2 Å². The molecule has 2 aromatic heterocycles. The third-order valence-electron chi connectivity index (χ3n) is 3.49. The summed E-state index contributed by atoms with van der Waals surface area (Å²) in [4.78, 5) is 13.0. The van der Waals surface area contributed by atoms with Crippen molar-refractivity contribution in [3.63, 3.8) is 0 Å². The molecule has 0 aliphatic rings. The molecule has 1 aromatic carbocycles. The average molecular weight is 390 g/mol. The molecular weight excluding hydrogens is 373 g/mol. The quantitative estimate of drug-likeness (QED) is 0.579. The maximum atomic E-state index is 9.28. The predicted octanol–water partition coefficient (Wildman–Crippen LogP) is 4.38. The molecule has 0 bridgehead atoms. The van der Waals surface area contributed by atoms with Crippen LogP contribution in [0.1, 0.15) is 6.92 Å². The number of aliphatic hydroxyl groups is 1. The number of halogens is 2. The van der Waals surface area contributed by atoms with E-state index < -0.39 is 0 Å². The molecule has 3 N–H and O–H groups in total. The third-order valence-corrected chi connectivity index (χ3v) is 3.92. The van der Waals surface area contributed by atoms with Gasteiger partial charge in [-0.25, -0.2) is 4.98 Å². The van der Waals surface area contributed by atoms with Crippen LogP contribution in [-0.4, -0.2) is 32.7 Å². The highest BCUT2D eigenvalue weighted by Gasteiger charge is 2.10. The normalized spacial score (nSPS) is 11.8. The van der Waals surface area contributed by atoms with Gasteiger partial charge in [-0.1, -0.05) is 23.2 Å². The number of rotatable bonds is 6. The number of hydrogen-bond donors (Lipinski definition) is 3. The van der Waals surface area contributed by atoms with E-state index in [1.165, 1.54) is 0 Å². The Morgan fingerprint density at radius 1 is 1.04 bits per heavy atom. The number of aromatic nitrogens is 3. The molecular formula is C18H17Cl2N5O. The van der Waals surface area contributed by atoms with Crippen molar-refractivity contribution in [3.05, 3.63) is 58.8 Å². The summed E-state index contributed by atoms with van der Waals surface area (Å²) in [5, 5.41) is 16.6. The van der Waals surface area contributed by atoms with Crippen molar-refractivity contribution in [1.29, 1.82) is 0 Å². The largest absolute Gasteiger partial charge is 0.394 e. The number of benzene rings is 1. The summed E-state index contributed by atoms with van der Waals surface area (Å²) in [6.45, 7) is 1.81. The minimum absolute atomic E-state index is 0.0322. The number of nitrogens with zero attached hydrogens (tertiary/aromatic N) is 3. The van der Waals surface area contributed by atoms with Crippen LogP contribution in [-0.2, 0) is 0 Å². The van der Waals surface area contributed by atoms with Gasteiger partial charge in [0.25, 0.3) is 0 Å². The summed E-state index contributed by atoms with van der Waals surface area (Å²) in [5.74, 6) is 0.967. The second-order valence-electron chi connectivity index (χ2n) is 5.71. The third kappa shape index (κ3) is 4.82. The fraction of sp³-hybridized carbons (Fsp3) is 0.167. The fourth-order valence-electron chi connectivity index (χ4n) is 2.29. The van der Waals surface area contributed by atoms with Crippen LogP contribution in [0.25, 0.3) is 11.3 Å². The Bertz CT molecular complexity index is 872. The Balaban J connectivity index is 1.98. The molecule has 0 saturated carbocycles. The minimum Gasteiger partial charge on any atom is -0.394 e. The van der Waals surface area contributed by atoms with Crippen molar-refractivity contribution >= 4 is 40.7 Å². The molecule has 134 valence electrons. The van der Waals surface area contributed by atoms with E-state index in [1.54, 1.807) is 30.6 Å². The topological polar surface area (TPSA) is 83.0 Å². The maximum Gasteiger partial charge on any atom is 0.225 e. The van der Waals surface area contributed by atoms with Crippen molar-refractivity contribution < 1.29 is 5.11 Å². The van der Waals surface area contributed by atoms with Gasteiger partial charge >= 0.3 is 0 Å². The van der Waals surface area contributed by atoms with Crippen LogP contribution in [0.5, 0.6) is 0 Å². The smallest absolute Gasteiger partial charge is 0.225 e.